The lowest BCUT2D eigenvalue weighted by molar-refractivity contribution is 0.247. The standard InChI is InChI=1S/C7H12N4O/c1-3-4-5-6(11-8)10-7(12)9-2/h5,8H2,1-2H3,(H2,9,10,11,12). The van der Waals surface area contributed by atoms with Crippen molar-refractivity contribution in [2.45, 2.75) is 13.3 Å². The second kappa shape index (κ2) is 6.04. The number of rotatable bonds is 1. The minimum atomic E-state index is -0.350. The summed E-state index contributed by atoms with van der Waals surface area (Å²) in [5.74, 6) is 10.7. The number of nitrogens with one attached hydrogen (secondary N) is 2. The lowest BCUT2D eigenvalue weighted by Gasteiger charge is -2.02. The zero-order valence-corrected chi connectivity index (χ0v) is 7.14. The molecule has 0 rings (SSSR count). The molecular formula is C7H12N4O. The van der Waals surface area contributed by atoms with Crippen molar-refractivity contribution in [1.82, 2.24) is 10.6 Å². The molecular weight excluding hydrogens is 156 g/mol. The van der Waals surface area contributed by atoms with Gasteiger partial charge in [-0.15, -0.1) is 5.92 Å². The average Bonchev–Trinajstić information content (AvgIpc) is 2.11. The van der Waals surface area contributed by atoms with Gasteiger partial charge in [-0.05, 0) is 6.92 Å². The van der Waals surface area contributed by atoms with E-state index in [4.69, 9.17) is 5.84 Å². The van der Waals surface area contributed by atoms with Crippen LogP contribution in [0.25, 0.3) is 0 Å². The summed E-state index contributed by atoms with van der Waals surface area (Å²) in [6.07, 6.45) is 0.348. The van der Waals surface area contributed by atoms with Crippen molar-refractivity contribution in [2.75, 3.05) is 7.05 Å². The highest BCUT2D eigenvalue weighted by molar-refractivity contribution is 5.98. The summed E-state index contributed by atoms with van der Waals surface area (Å²) in [4.78, 5) is 10.7. The minimum Gasteiger partial charge on any atom is -0.341 e. The van der Waals surface area contributed by atoms with Gasteiger partial charge < -0.3 is 11.2 Å². The number of carbonyl (C=O) groups excluding carboxylic acids is 1. The molecule has 0 bridgehead atoms. The second-order valence-corrected chi connectivity index (χ2v) is 1.88. The van der Waals surface area contributed by atoms with E-state index in [2.05, 4.69) is 27.6 Å². The van der Waals surface area contributed by atoms with E-state index in [1.807, 2.05) is 0 Å². The van der Waals surface area contributed by atoms with Crippen LogP contribution in [0.3, 0.4) is 0 Å². The highest BCUT2D eigenvalue weighted by Gasteiger charge is 2.00. The SMILES string of the molecule is CC#CC/C(=N\N)NC(=O)NC. The van der Waals surface area contributed by atoms with Crippen molar-refractivity contribution < 1.29 is 4.79 Å². The Balaban J connectivity index is 3.99. The normalized spacial score (nSPS) is 9.67. The Morgan fingerprint density at radius 2 is 2.33 bits per heavy atom. The van der Waals surface area contributed by atoms with Crippen molar-refractivity contribution in [2.24, 2.45) is 10.9 Å². The maximum absolute atomic E-state index is 10.7. The van der Waals surface area contributed by atoms with E-state index in [0.717, 1.165) is 0 Å². The van der Waals surface area contributed by atoms with Crippen molar-refractivity contribution in [3.8, 4) is 11.8 Å². The molecule has 0 aromatic rings. The molecule has 0 heterocycles. The number of urea groups is 1. The van der Waals surface area contributed by atoms with Gasteiger partial charge >= 0.3 is 6.03 Å². The van der Waals surface area contributed by atoms with Gasteiger partial charge in [0.2, 0.25) is 0 Å². The van der Waals surface area contributed by atoms with Crippen LogP contribution in [-0.2, 0) is 0 Å². The van der Waals surface area contributed by atoms with Crippen LogP contribution in [0.15, 0.2) is 5.10 Å². The maximum Gasteiger partial charge on any atom is 0.319 e. The van der Waals surface area contributed by atoms with Crippen LogP contribution >= 0.6 is 0 Å². The molecule has 0 saturated carbocycles. The van der Waals surface area contributed by atoms with E-state index in [1.54, 1.807) is 6.92 Å². The van der Waals surface area contributed by atoms with Crippen LogP contribution in [0, 0.1) is 11.8 Å². The van der Waals surface area contributed by atoms with Crippen molar-refractivity contribution >= 4 is 11.9 Å². The molecule has 0 aliphatic heterocycles. The van der Waals surface area contributed by atoms with Gasteiger partial charge in [-0.25, -0.2) is 4.79 Å². The van der Waals surface area contributed by atoms with E-state index in [1.165, 1.54) is 7.05 Å². The fraction of sp³-hybridized carbons (Fsp3) is 0.429. The molecule has 0 aromatic carbocycles. The molecule has 0 radical (unpaired) electrons. The fourth-order valence-corrected chi connectivity index (χ4v) is 0.488. The first-order valence-electron chi connectivity index (χ1n) is 3.39. The van der Waals surface area contributed by atoms with E-state index in [-0.39, 0.29) is 6.03 Å². The molecule has 0 aliphatic carbocycles. The highest BCUT2D eigenvalue weighted by Crippen LogP contribution is 1.78. The van der Waals surface area contributed by atoms with Crippen molar-refractivity contribution in [3.05, 3.63) is 0 Å². The third-order valence-corrected chi connectivity index (χ3v) is 1.07. The van der Waals surface area contributed by atoms with Crippen LogP contribution in [0.4, 0.5) is 4.79 Å². The summed E-state index contributed by atoms with van der Waals surface area (Å²) in [5.41, 5.74) is 0. The number of hydrogen-bond donors (Lipinski definition) is 3. The van der Waals surface area contributed by atoms with E-state index in [0.29, 0.717) is 12.3 Å². The molecule has 5 heteroatoms. The van der Waals surface area contributed by atoms with E-state index < -0.39 is 0 Å². The van der Waals surface area contributed by atoms with Crippen LogP contribution in [0.1, 0.15) is 13.3 Å². The molecule has 4 N–H and O–H groups in total. The van der Waals surface area contributed by atoms with E-state index in [9.17, 15) is 4.79 Å². The fourth-order valence-electron chi connectivity index (χ4n) is 0.488. The molecule has 2 amide bonds. The Kier molecular flexibility index (Phi) is 5.18. The predicted molar refractivity (Wildman–Crippen MR) is 47.3 cm³/mol. The second-order valence-electron chi connectivity index (χ2n) is 1.88. The Labute approximate surface area is 71.4 Å². The molecule has 0 spiro atoms. The summed E-state index contributed by atoms with van der Waals surface area (Å²) in [6, 6.07) is -0.350. The first-order chi connectivity index (χ1) is 5.74. The highest BCUT2D eigenvalue weighted by atomic mass is 16.2. The minimum absolute atomic E-state index is 0.348. The number of hydrazone groups is 1. The number of amidine groups is 1. The van der Waals surface area contributed by atoms with Gasteiger partial charge in [0.25, 0.3) is 0 Å². The number of hydrogen-bond acceptors (Lipinski definition) is 3. The lowest BCUT2D eigenvalue weighted by Crippen LogP contribution is -2.37. The Morgan fingerprint density at radius 1 is 1.67 bits per heavy atom. The molecule has 0 aliphatic rings. The molecule has 0 aromatic heterocycles. The van der Waals surface area contributed by atoms with Crippen LogP contribution in [0.2, 0.25) is 0 Å². The zero-order valence-electron chi connectivity index (χ0n) is 7.14. The average molecular weight is 168 g/mol. The Morgan fingerprint density at radius 3 is 2.75 bits per heavy atom. The molecule has 0 atom stereocenters. The number of amides is 2. The van der Waals surface area contributed by atoms with Crippen LogP contribution in [-0.4, -0.2) is 18.9 Å². The first-order valence-corrected chi connectivity index (χ1v) is 3.39. The third kappa shape index (κ3) is 4.17. The predicted octanol–water partition coefficient (Wildman–Crippen LogP) is -0.399. The number of nitrogens with zero attached hydrogens (tertiary/aromatic N) is 1. The summed E-state index contributed by atoms with van der Waals surface area (Å²) in [5, 5.41) is 8.15. The molecule has 12 heavy (non-hydrogen) atoms. The number of carbonyl (C=O) groups is 1. The van der Waals surface area contributed by atoms with Gasteiger partial charge in [0, 0.05) is 7.05 Å². The van der Waals surface area contributed by atoms with Gasteiger partial charge in [0.05, 0.1) is 6.42 Å². The van der Waals surface area contributed by atoms with Gasteiger partial charge in [-0.2, -0.15) is 5.10 Å². The van der Waals surface area contributed by atoms with Crippen molar-refractivity contribution in [1.29, 1.82) is 0 Å². The van der Waals surface area contributed by atoms with Gasteiger partial charge in [0.1, 0.15) is 5.84 Å². The smallest absolute Gasteiger partial charge is 0.319 e. The molecule has 5 nitrogen and oxygen atoms in total. The molecule has 0 unspecified atom stereocenters. The quantitative estimate of drug-likeness (QED) is 0.164. The summed E-state index contributed by atoms with van der Waals surface area (Å²) >= 11 is 0. The third-order valence-electron chi connectivity index (χ3n) is 1.07. The van der Waals surface area contributed by atoms with Gasteiger partial charge in [0.15, 0.2) is 0 Å². The summed E-state index contributed by atoms with van der Waals surface area (Å²) in [7, 11) is 1.51. The monoisotopic (exact) mass is 168 g/mol. The van der Waals surface area contributed by atoms with Crippen LogP contribution < -0.4 is 16.5 Å². The van der Waals surface area contributed by atoms with Crippen LogP contribution in [0.5, 0.6) is 0 Å². The largest absolute Gasteiger partial charge is 0.341 e. The molecule has 0 fully saturated rings. The lowest BCUT2D eigenvalue weighted by atomic mass is 10.4. The van der Waals surface area contributed by atoms with Gasteiger partial charge in [-0.3, -0.25) is 5.32 Å². The maximum atomic E-state index is 10.7. The zero-order chi connectivity index (χ0) is 9.40. The first kappa shape index (κ1) is 10.3. The Hall–Kier alpha value is -1.70. The van der Waals surface area contributed by atoms with E-state index >= 15 is 0 Å². The summed E-state index contributed by atoms with van der Waals surface area (Å²) < 4.78 is 0. The summed E-state index contributed by atoms with van der Waals surface area (Å²) in [6.45, 7) is 1.70. The number of nitrogens with two attached hydrogens (primary N) is 1. The molecule has 66 valence electrons. The topological polar surface area (TPSA) is 79.5 Å². The van der Waals surface area contributed by atoms with Gasteiger partial charge in [-0.1, -0.05) is 5.92 Å². The molecule has 0 saturated heterocycles. The Bertz CT molecular complexity index is 236. The van der Waals surface area contributed by atoms with Crippen molar-refractivity contribution in [3.63, 3.8) is 0 Å².